The second-order valence-electron chi connectivity index (χ2n) is 8.10. The van der Waals surface area contributed by atoms with E-state index in [4.69, 9.17) is 4.74 Å². The number of carbonyl (C=O) groups excluding carboxylic acids is 3. The van der Waals surface area contributed by atoms with Crippen molar-refractivity contribution in [3.63, 3.8) is 0 Å². The maximum atomic E-state index is 12.7. The summed E-state index contributed by atoms with van der Waals surface area (Å²) in [5.41, 5.74) is 1.66. The maximum absolute atomic E-state index is 12.7. The van der Waals surface area contributed by atoms with E-state index in [1.165, 1.54) is 4.90 Å². The number of esters is 1. The Morgan fingerprint density at radius 3 is 2.48 bits per heavy atom. The molecule has 9 heteroatoms. The fourth-order valence-electron chi connectivity index (χ4n) is 3.75. The zero-order valence-corrected chi connectivity index (χ0v) is 19.2. The first-order valence-electron chi connectivity index (χ1n) is 11.3. The molecule has 1 aliphatic heterocycles. The molecule has 1 saturated heterocycles. The lowest BCUT2D eigenvalue weighted by Gasteiger charge is -2.30. The minimum absolute atomic E-state index is 0.0893. The number of para-hydroxylation sites is 1. The molecular weight excluding hydrogens is 422 g/mol. The van der Waals surface area contributed by atoms with Gasteiger partial charge in [0.05, 0.1) is 12.5 Å². The van der Waals surface area contributed by atoms with Crippen LogP contribution in [0.2, 0.25) is 0 Å². The molecule has 2 amide bonds. The van der Waals surface area contributed by atoms with Crippen molar-refractivity contribution >= 4 is 29.4 Å². The van der Waals surface area contributed by atoms with Crippen molar-refractivity contribution in [2.24, 2.45) is 5.92 Å². The van der Waals surface area contributed by atoms with Gasteiger partial charge in [0.25, 0.3) is 5.91 Å². The predicted octanol–water partition coefficient (Wildman–Crippen LogP) is 2.42. The van der Waals surface area contributed by atoms with Crippen LogP contribution in [0.5, 0.6) is 0 Å². The first-order valence-corrected chi connectivity index (χ1v) is 11.3. The lowest BCUT2D eigenvalue weighted by atomic mass is 9.97. The highest BCUT2D eigenvalue weighted by molar-refractivity contribution is 5.95. The SMILES string of the molecule is CCCN(CC(=O)Nc1ccccc1C)C(=O)COC(=O)C1CCN(c2ncccn2)CC1. The summed E-state index contributed by atoms with van der Waals surface area (Å²) in [4.78, 5) is 49.6. The van der Waals surface area contributed by atoms with Crippen LogP contribution in [0.4, 0.5) is 11.6 Å². The number of amides is 2. The van der Waals surface area contributed by atoms with Gasteiger partial charge in [-0.15, -0.1) is 0 Å². The number of aromatic nitrogens is 2. The topological polar surface area (TPSA) is 105 Å². The van der Waals surface area contributed by atoms with E-state index in [0.717, 1.165) is 5.56 Å². The van der Waals surface area contributed by atoms with E-state index in [-0.39, 0.29) is 36.9 Å². The van der Waals surface area contributed by atoms with E-state index in [1.54, 1.807) is 18.5 Å². The third-order valence-corrected chi connectivity index (χ3v) is 5.60. The summed E-state index contributed by atoms with van der Waals surface area (Å²) in [5.74, 6) is -0.647. The number of nitrogens with one attached hydrogen (secondary N) is 1. The molecular formula is C24H31N5O4. The fourth-order valence-corrected chi connectivity index (χ4v) is 3.75. The number of hydrogen-bond donors (Lipinski definition) is 1. The molecule has 1 N–H and O–H groups in total. The predicted molar refractivity (Wildman–Crippen MR) is 125 cm³/mol. The van der Waals surface area contributed by atoms with Crippen LogP contribution in [0.15, 0.2) is 42.7 Å². The Morgan fingerprint density at radius 1 is 1.12 bits per heavy atom. The molecule has 176 valence electrons. The molecule has 2 heterocycles. The summed E-state index contributed by atoms with van der Waals surface area (Å²) < 4.78 is 5.32. The average molecular weight is 454 g/mol. The summed E-state index contributed by atoms with van der Waals surface area (Å²) in [6.07, 6.45) is 5.30. The van der Waals surface area contributed by atoms with Gasteiger partial charge in [-0.25, -0.2) is 9.97 Å². The molecule has 1 aliphatic rings. The Kier molecular flexibility index (Phi) is 8.74. The van der Waals surface area contributed by atoms with Crippen molar-refractivity contribution in [3.05, 3.63) is 48.3 Å². The second kappa shape index (κ2) is 11.9. The minimum Gasteiger partial charge on any atom is -0.455 e. The van der Waals surface area contributed by atoms with Gasteiger partial charge in [0.15, 0.2) is 6.61 Å². The average Bonchev–Trinajstić information content (AvgIpc) is 2.84. The standard InChI is InChI=1S/C24H31N5O4/c1-3-13-29(16-21(30)27-20-8-5-4-7-18(20)2)22(31)17-33-23(32)19-9-14-28(15-10-19)24-25-11-6-12-26-24/h4-8,11-12,19H,3,9-10,13-17H2,1-2H3,(H,27,30). The van der Waals surface area contributed by atoms with E-state index in [2.05, 4.69) is 15.3 Å². The van der Waals surface area contributed by atoms with Crippen LogP contribution in [-0.2, 0) is 19.1 Å². The molecule has 3 rings (SSSR count). The Morgan fingerprint density at radius 2 is 1.82 bits per heavy atom. The number of benzene rings is 1. The molecule has 0 aliphatic carbocycles. The van der Waals surface area contributed by atoms with E-state index >= 15 is 0 Å². The number of piperidine rings is 1. The van der Waals surface area contributed by atoms with Gasteiger partial charge in [-0.2, -0.15) is 0 Å². The summed E-state index contributed by atoms with van der Waals surface area (Å²) in [6.45, 7) is 5.09. The molecule has 0 saturated carbocycles. The number of rotatable bonds is 9. The lowest BCUT2D eigenvalue weighted by Crippen LogP contribution is -2.42. The van der Waals surface area contributed by atoms with Crippen LogP contribution in [0, 0.1) is 12.8 Å². The number of ether oxygens (including phenoxy) is 1. The monoisotopic (exact) mass is 453 g/mol. The zero-order chi connectivity index (χ0) is 23.6. The molecule has 0 unspecified atom stereocenters. The molecule has 0 spiro atoms. The van der Waals surface area contributed by atoms with Crippen molar-refractivity contribution in [3.8, 4) is 0 Å². The highest BCUT2D eigenvalue weighted by Crippen LogP contribution is 2.21. The zero-order valence-electron chi connectivity index (χ0n) is 19.2. The quantitative estimate of drug-likeness (QED) is 0.582. The van der Waals surface area contributed by atoms with Crippen molar-refractivity contribution in [1.29, 1.82) is 0 Å². The molecule has 0 radical (unpaired) electrons. The number of aryl methyl sites for hydroxylation is 1. The molecule has 0 atom stereocenters. The van der Waals surface area contributed by atoms with Crippen LogP contribution in [0.25, 0.3) is 0 Å². The van der Waals surface area contributed by atoms with E-state index < -0.39 is 0 Å². The Labute approximate surface area is 194 Å². The van der Waals surface area contributed by atoms with Crippen molar-refractivity contribution in [2.45, 2.75) is 33.1 Å². The van der Waals surface area contributed by atoms with E-state index in [1.807, 2.05) is 43.0 Å². The number of carbonyl (C=O) groups is 3. The maximum Gasteiger partial charge on any atom is 0.309 e. The molecule has 1 aromatic carbocycles. The van der Waals surface area contributed by atoms with Gasteiger partial charge in [0, 0.05) is 37.7 Å². The van der Waals surface area contributed by atoms with Gasteiger partial charge < -0.3 is 19.9 Å². The smallest absolute Gasteiger partial charge is 0.309 e. The Balaban J connectivity index is 1.45. The van der Waals surface area contributed by atoms with Gasteiger partial charge in [0.1, 0.15) is 0 Å². The molecule has 0 bridgehead atoms. The third-order valence-electron chi connectivity index (χ3n) is 5.60. The highest BCUT2D eigenvalue weighted by Gasteiger charge is 2.28. The highest BCUT2D eigenvalue weighted by atomic mass is 16.5. The number of nitrogens with zero attached hydrogens (tertiary/aromatic N) is 4. The third kappa shape index (κ3) is 7.00. The van der Waals surface area contributed by atoms with Crippen LogP contribution in [0.3, 0.4) is 0 Å². The number of hydrogen-bond acceptors (Lipinski definition) is 7. The largest absolute Gasteiger partial charge is 0.455 e. The van der Waals surface area contributed by atoms with Gasteiger partial charge in [-0.3, -0.25) is 14.4 Å². The molecule has 1 fully saturated rings. The Hall–Kier alpha value is -3.49. The molecule has 9 nitrogen and oxygen atoms in total. The van der Waals surface area contributed by atoms with E-state index in [0.29, 0.717) is 50.5 Å². The summed E-state index contributed by atoms with van der Waals surface area (Å²) in [5, 5.41) is 2.83. The van der Waals surface area contributed by atoms with E-state index in [9.17, 15) is 14.4 Å². The van der Waals surface area contributed by atoms with Gasteiger partial charge in [0.2, 0.25) is 11.9 Å². The van der Waals surface area contributed by atoms with Gasteiger partial charge in [-0.1, -0.05) is 25.1 Å². The van der Waals surface area contributed by atoms with Crippen LogP contribution in [-0.4, -0.2) is 65.4 Å². The normalized spacial score (nSPS) is 13.9. The van der Waals surface area contributed by atoms with Gasteiger partial charge in [-0.05, 0) is 43.9 Å². The van der Waals surface area contributed by atoms with Crippen LogP contribution >= 0.6 is 0 Å². The minimum atomic E-state index is -0.377. The molecule has 1 aromatic heterocycles. The second-order valence-corrected chi connectivity index (χ2v) is 8.10. The van der Waals surface area contributed by atoms with Crippen molar-refractivity contribution < 1.29 is 19.1 Å². The van der Waals surface area contributed by atoms with Crippen molar-refractivity contribution in [1.82, 2.24) is 14.9 Å². The van der Waals surface area contributed by atoms with Crippen LogP contribution < -0.4 is 10.2 Å². The number of anilines is 2. The molecule has 33 heavy (non-hydrogen) atoms. The molecule has 2 aromatic rings. The van der Waals surface area contributed by atoms with Gasteiger partial charge >= 0.3 is 5.97 Å². The first kappa shape index (κ1) is 24.2. The van der Waals surface area contributed by atoms with Crippen LogP contribution in [0.1, 0.15) is 31.7 Å². The van der Waals surface area contributed by atoms with Crippen molar-refractivity contribution in [2.75, 3.05) is 43.0 Å². The lowest BCUT2D eigenvalue weighted by molar-refractivity contribution is -0.156. The summed E-state index contributed by atoms with van der Waals surface area (Å²) in [7, 11) is 0. The fraction of sp³-hybridized carbons (Fsp3) is 0.458. The Bertz CT molecular complexity index is 945. The first-order chi connectivity index (χ1) is 16.0. The summed E-state index contributed by atoms with van der Waals surface area (Å²) in [6, 6.07) is 9.22. The summed E-state index contributed by atoms with van der Waals surface area (Å²) >= 11 is 0.